The van der Waals surface area contributed by atoms with E-state index in [1.165, 1.54) is 14.2 Å². The lowest BCUT2D eigenvalue weighted by atomic mass is 10.1. The molecule has 0 saturated heterocycles. The molecule has 0 aliphatic heterocycles. The highest BCUT2D eigenvalue weighted by Crippen LogP contribution is 2.36. The highest BCUT2D eigenvalue weighted by Gasteiger charge is 2.20. The fourth-order valence-electron chi connectivity index (χ4n) is 3.06. The van der Waals surface area contributed by atoms with E-state index in [-0.39, 0.29) is 29.5 Å². The average molecular weight is 427 g/mol. The maximum atomic E-state index is 13.1. The summed E-state index contributed by atoms with van der Waals surface area (Å²) in [6, 6.07) is 12.0. The van der Waals surface area contributed by atoms with Crippen LogP contribution in [0.3, 0.4) is 0 Å². The van der Waals surface area contributed by atoms with Crippen molar-refractivity contribution >= 4 is 16.9 Å². The van der Waals surface area contributed by atoms with Crippen molar-refractivity contribution in [3.05, 3.63) is 52.7 Å². The van der Waals surface area contributed by atoms with E-state index in [0.29, 0.717) is 47.6 Å². The molecule has 3 rings (SSSR count). The molecule has 1 N–H and O–H groups in total. The van der Waals surface area contributed by atoms with Crippen molar-refractivity contribution in [2.45, 2.75) is 6.42 Å². The summed E-state index contributed by atoms with van der Waals surface area (Å²) in [6.07, 6.45) is 0.678. The normalized spacial score (nSPS) is 10.7. The molecule has 0 bridgehead atoms. The Morgan fingerprint density at radius 3 is 2.55 bits per heavy atom. The number of hydrogen-bond acceptors (Lipinski definition) is 7. The molecule has 0 radical (unpaired) electrons. The zero-order valence-corrected chi connectivity index (χ0v) is 17.7. The van der Waals surface area contributed by atoms with E-state index in [4.69, 9.17) is 23.4 Å². The third-order valence-electron chi connectivity index (χ3n) is 4.60. The quantitative estimate of drug-likeness (QED) is 0.497. The Kier molecular flexibility index (Phi) is 7.50. The number of hydrogen-bond donors (Lipinski definition) is 1. The molecule has 1 heterocycles. The molecule has 8 heteroatoms. The van der Waals surface area contributed by atoms with Gasteiger partial charge in [-0.2, -0.15) is 0 Å². The van der Waals surface area contributed by atoms with E-state index in [9.17, 15) is 9.59 Å². The van der Waals surface area contributed by atoms with Gasteiger partial charge in [-0.25, -0.2) is 0 Å². The molecule has 0 aliphatic rings. The van der Waals surface area contributed by atoms with Crippen molar-refractivity contribution < 1.29 is 28.2 Å². The van der Waals surface area contributed by atoms with Crippen molar-refractivity contribution in [3.8, 4) is 28.6 Å². The first-order chi connectivity index (χ1) is 15.1. The van der Waals surface area contributed by atoms with Crippen molar-refractivity contribution in [1.82, 2.24) is 5.32 Å². The minimum Gasteiger partial charge on any atom is -0.493 e. The van der Waals surface area contributed by atoms with Crippen LogP contribution in [0.5, 0.6) is 17.2 Å². The van der Waals surface area contributed by atoms with Crippen LogP contribution in [0.15, 0.2) is 51.7 Å². The van der Waals surface area contributed by atoms with Gasteiger partial charge in [0.15, 0.2) is 23.9 Å². The Morgan fingerprint density at radius 1 is 1.03 bits per heavy atom. The monoisotopic (exact) mass is 427 g/mol. The molecule has 31 heavy (non-hydrogen) atoms. The molecule has 8 nitrogen and oxygen atoms in total. The predicted molar refractivity (Wildman–Crippen MR) is 116 cm³/mol. The zero-order chi connectivity index (χ0) is 22.2. The van der Waals surface area contributed by atoms with Gasteiger partial charge in [0.2, 0.25) is 11.2 Å². The van der Waals surface area contributed by atoms with Crippen molar-refractivity contribution in [1.29, 1.82) is 0 Å². The van der Waals surface area contributed by atoms with Crippen LogP contribution < -0.4 is 25.0 Å². The van der Waals surface area contributed by atoms with Crippen LogP contribution in [0.2, 0.25) is 0 Å². The molecule has 0 unspecified atom stereocenters. The van der Waals surface area contributed by atoms with Crippen molar-refractivity contribution in [2.24, 2.45) is 0 Å². The minimum atomic E-state index is -0.362. The molecule has 1 aromatic heterocycles. The van der Waals surface area contributed by atoms with Gasteiger partial charge in [-0.05, 0) is 36.8 Å². The Balaban J connectivity index is 1.97. The summed E-state index contributed by atoms with van der Waals surface area (Å²) < 4.78 is 27.3. The Bertz CT molecular complexity index is 1110. The number of benzene rings is 2. The van der Waals surface area contributed by atoms with Crippen LogP contribution in [0.4, 0.5) is 0 Å². The lowest BCUT2D eigenvalue weighted by Gasteiger charge is -2.13. The third kappa shape index (κ3) is 5.16. The molecule has 0 fully saturated rings. The van der Waals surface area contributed by atoms with Gasteiger partial charge in [-0.15, -0.1) is 0 Å². The number of fused-ring (bicyclic) bond motifs is 1. The number of rotatable bonds is 10. The fourth-order valence-corrected chi connectivity index (χ4v) is 3.06. The molecule has 1 amide bonds. The highest BCUT2D eigenvalue weighted by atomic mass is 16.5. The summed E-state index contributed by atoms with van der Waals surface area (Å²) >= 11 is 0. The molecule has 0 aliphatic carbocycles. The van der Waals surface area contributed by atoms with E-state index in [0.717, 1.165) is 0 Å². The number of nitrogens with one attached hydrogen (secondary N) is 1. The summed E-state index contributed by atoms with van der Waals surface area (Å²) in [4.78, 5) is 25.3. The summed E-state index contributed by atoms with van der Waals surface area (Å²) in [6.45, 7) is 0.667. The smallest absolute Gasteiger partial charge is 0.257 e. The second-order valence-corrected chi connectivity index (χ2v) is 6.64. The summed E-state index contributed by atoms with van der Waals surface area (Å²) in [5.74, 6) is 0.821. The Morgan fingerprint density at radius 2 is 1.81 bits per heavy atom. The first kappa shape index (κ1) is 22.2. The van der Waals surface area contributed by atoms with Crippen LogP contribution in [0.25, 0.3) is 22.3 Å². The first-order valence-corrected chi connectivity index (χ1v) is 9.75. The van der Waals surface area contributed by atoms with Gasteiger partial charge in [-0.3, -0.25) is 9.59 Å². The maximum Gasteiger partial charge on any atom is 0.257 e. The molecule has 3 aromatic rings. The molecule has 164 valence electrons. The maximum absolute atomic E-state index is 13.1. The van der Waals surface area contributed by atoms with Gasteiger partial charge >= 0.3 is 0 Å². The van der Waals surface area contributed by atoms with Crippen LogP contribution in [0.1, 0.15) is 6.42 Å². The summed E-state index contributed by atoms with van der Waals surface area (Å²) in [7, 11) is 4.65. The summed E-state index contributed by atoms with van der Waals surface area (Å²) in [5.41, 5.74) is 0.600. The third-order valence-corrected chi connectivity index (χ3v) is 4.60. The molecule has 0 atom stereocenters. The predicted octanol–water partition coefficient (Wildman–Crippen LogP) is 3.01. The minimum absolute atomic E-state index is 0.0436. The van der Waals surface area contributed by atoms with Crippen LogP contribution >= 0.6 is 0 Å². The average Bonchev–Trinajstić information content (AvgIpc) is 2.80. The van der Waals surface area contributed by atoms with Crippen LogP contribution in [0, 0.1) is 0 Å². The zero-order valence-electron chi connectivity index (χ0n) is 17.7. The lowest BCUT2D eigenvalue weighted by Crippen LogP contribution is -2.31. The van der Waals surface area contributed by atoms with E-state index in [2.05, 4.69) is 5.32 Å². The van der Waals surface area contributed by atoms with Crippen LogP contribution in [-0.2, 0) is 9.53 Å². The molecule has 0 spiro atoms. The molecular weight excluding hydrogens is 402 g/mol. The van der Waals surface area contributed by atoms with Gasteiger partial charge in [0.25, 0.3) is 5.91 Å². The first-order valence-electron chi connectivity index (χ1n) is 9.75. The molecule has 0 saturated carbocycles. The SMILES string of the molecule is COCCCNC(=O)COc1c(-c2ccc(OC)c(OC)c2)oc2ccccc2c1=O. The van der Waals surface area contributed by atoms with Crippen molar-refractivity contribution in [3.63, 3.8) is 0 Å². The van der Waals surface area contributed by atoms with E-state index in [1.807, 2.05) is 0 Å². The lowest BCUT2D eigenvalue weighted by molar-refractivity contribution is -0.123. The molecular formula is C23H25NO7. The van der Waals surface area contributed by atoms with Gasteiger partial charge in [0.05, 0.1) is 19.6 Å². The molecule has 2 aromatic carbocycles. The number of amides is 1. The van der Waals surface area contributed by atoms with Gasteiger partial charge in [0, 0.05) is 25.8 Å². The van der Waals surface area contributed by atoms with Crippen LogP contribution in [-0.4, -0.2) is 47.0 Å². The van der Waals surface area contributed by atoms with E-state index in [1.54, 1.807) is 49.6 Å². The Hall–Kier alpha value is -3.52. The largest absolute Gasteiger partial charge is 0.493 e. The van der Waals surface area contributed by atoms with Gasteiger partial charge in [0.1, 0.15) is 5.58 Å². The van der Waals surface area contributed by atoms with E-state index >= 15 is 0 Å². The van der Waals surface area contributed by atoms with Gasteiger partial charge < -0.3 is 28.7 Å². The second-order valence-electron chi connectivity index (χ2n) is 6.64. The topological polar surface area (TPSA) is 96.2 Å². The fraction of sp³-hybridized carbons (Fsp3) is 0.304. The number of carbonyl (C=O) groups excluding carboxylic acids is 1. The number of methoxy groups -OCH3 is 3. The number of ether oxygens (including phenoxy) is 4. The standard InChI is InChI=1S/C23H25NO7/c1-27-12-6-11-24-20(25)14-30-23-21(26)16-7-4-5-8-17(16)31-22(23)15-9-10-18(28-2)19(13-15)29-3/h4-5,7-10,13H,6,11-12,14H2,1-3H3,(H,24,25). The second kappa shape index (κ2) is 10.5. The number of para-hydroxylation sites is 1. The number of carbonyl (C=O) groups is 1. The summed E-state index contributed by atoms with van der Waals surface area (Å²) in [5, 5.41) is 3.09. The van der Waals surface area contributed by atoms with E-state index < -0.39 is 0 Å². The van der Waals surface area contributed by atoms with Gasteiger partial charge in [-0.1, -0.05) is 12.1 Å². The Labute approximate surface area is 179 Å². The van der Waals surface area contributed by atoms with Crippen molar-refractivity contribution in [2.75, 3.05) is 41.1 Å². The highest BCUT2D eigenvalue weighted by molar-refractivity contribution is 5.83.